The Bertz CT molecular complexity index is 1050. The number of aliphatic carboxylic acids is 1. The Labute approximate surface area is 154 Å². The van der Waals surface area contributed by atoms with E-state index in [9.17, 15) is 14.7 Å². The number of benzene rings is 2. The van der Waals surface area contributed by atoms with Crippen LogP contribution in [0, 0.1) is 11.3 Å². The van der Waals surface area contributed by atoms with Crippen LogP contribution >= 0.6 is 0 Å². The maximum absolute atomic E-state index is 12.5. The van der Waals surface area contributed by atoms with E-state index in [1.807, 2.05) is 6.07 Å². The fraction of sp³-hybridized carbons (Fsp3) is 0.150. The number of nitriles is 1. The topological polar surface area (TPSA) is 113 Å². The largest absolute Gasteiger partial charge is 0.497 e. The molecule has 1 amide bonds. The minimum Gasteiger partial charge on any atom is -0.497 e. The molecule has 0 aliphatic carbocycles. The average molecular weight is 364 g/mol. The molecule has 0 radical (unpaired) electrons. The molecule has 1 aromatic heterocycles. The van der Waals surface area contributed by atoms with Crippen molar-refractivity contribution in [2.75, 3.05) is 7.11 Å². The number of hydrogen-bond donors (Lipinski definition) is 2. The summed E-state index contributed by atoms with van der Waals surface area (Å²) >= 11 is 0. The average Bonchev–Trinajstić information content (AvgIpc) is 3.11. The zero-order valence-corrected chi connectivity index (χ0v) is 14.4. The van der Waals surface area contributed by atoms with Gasteiger partial charge >= 0.3 is 5.97 Å². The van der Waals surface area contributed by atoms with Crippen molar-refractivity contribution in [2.24, 2.45) is 0 Å². The molecule has 0 bridgehead atoms. The van der Waals surface area contributed by atoms with Crippen molar-refractivity contribution in [3.8, 4) is 11.8 Å². The van der Waals surface area contributed by atoms with Crippen LogP contribution in [0.3, 0.4) is 0 Å². The van der Waals surface area contributed by atoms with Gasteiger partial charge in [-0.1, -0.05) is 18.2 Å². The standard InChI is InChI=1S/C20H16N2O5/c1-26-15-6-7-17-14(8-15)10-18(27-17)19(23)22-16(20(24)25)9-12-4-2-3-5-13(12)11-21/h2-8,10,16H,9H2,1H3,(H,22,23)(H,24,25). The maximum atomic E-state index is 12.5. The van der Waals surface area contributed by atoms with Crippen LogP contribution in [-0.4, -0.2) is 30.1 Å². The lowest BCUT2D eigenvalue weighted by atomic mass is 10.0. The third kappa shape index (κ3) is 3.90. The van der Waals surface area contributed by atoms with Gasteiger partial charge < -0.3 is 19.6 Å². The SMILES string of the molecule is COc1ccc2oc(C(=O)NC(Cc3ccccc3C#N)C(=O)O)cc2c1. The summed E-state index contributed by atoms with van der Waals surface area (Å²) in [6, 6.07) is 14.1. The number of methoxy groups -OCH3 is 1. The predicted molar refractivity (Wildman–Crippen MR) is 96.5 cm³/mol. The molecular formula is C20H16N2O5. The molecular weight excluding hydrogens is 348 g/mol. The molecule has 0 aliphatic heterocycles. The van der Waals surface area contributed by atoms with Crippen molar-refractivity contribution in [3.63, 3.8) is 0 Å². The van der Waals surface area contributed by atoms with Crippen LogP contribution in [0.4, 0.5) is 0 Å². The third-order valence-corrected chi connectivity index (χ3v) is 4.11. The van der Waals surface area contributed by atoms with Gasteiger partial charge in [0, 0.05) is 11.8 Å². The van der Waals surface area contributed by atoms with Gasteiger partial charge in [-0.3, -0.25) is 4.79 Å². The number of hydrogen-bond acceptors (Lipinski definition) is 5. The van der Waals surface area contributed by atoms with Crippen molar-refractivity contribution in [1.29, 1.82) is 5.26 Å². The number of carboxylic acid groups (broad SMARTS) is 1. The van der Waals surface area contributed by atoms with Crippen LogP contribution in [-0.2, 0) is 11.2 Å². The van der Waals surface area contributed by atoms with E-state index in [1.165, 1.54) is 13.2 Å². The van der Waals surface area contributed by atoms with Crippen molar-refractivity contribution in [1.82, 2.24) is 5.32 Å². The first-order valence-corrected chi connectivity index (χ1v) is 8.11. The molecule has 0 spiro atoms. The van der Waals surface area contributed by atoms with E-state index >= 15 is 0 Å². The number of carboxylic acids is 1. The van der Waals surface area contributed by atoms with E-state index in [0.29, 0.717) is 27.8 Å². The molecule has 27 heavy (non-hydrogen) atoms. The lowest BCUT2D eigenvalue weighted by Crippen LogP contribution is -2.42. The zero-order valence-electron chi connectivity index (χ0n) is 14.4. The zero-order chi connectivity index (χ0) is 19.4. The second kappa shape index (κ2) is 7.62. The number of fused-ring (bicyclic) bond motifs is 1. The van der Waals surface area contributed by atoms with Crippen LogP contribution < -0.4 is 10.1 Å². The Morgan fingerprint density at radius 2 is 2.04 bits per heavy atom. The molecule has 2 aromatic carbocycles. The minimum absolute atomic E-state index is 0.00179. The number of carbonyl (C=O) groups excluding carboxylic acids is 1. The first-order chi connectivity index (χ1) is 13.0. The maximum Gasteiger partial charge on any atom is 0.326 e. The summed E-state index contributed by atoms with van der Waals surface area (Å²) in [6.45, 7) is 0. The number of nitrogens with zero attached hydrogens (tertiary/aromatic N) is 1. The van der Waals surface area contributed by atoms with Crippen LogP contribution in [0.15, 0.2) is 52.9 Å². The smallest absolute Gasteiger partial charge is 0.326 e. The summed E-state index contributed by atoms with van der Waals surface area (Å²) in [5.74, 6) is -1.23. The summed E-state index contributed by atoms with van der Waals surface area (Å²) in [5, 5.41) is 21.7. The van der Waals surface area contributed by atoms with Gasteiger partial charge in [0.25, 0.3) is 5.91 Å². The number of furan rings is 1. The van der Waals surface area contributed by atoms with E-state index in [4.69, 9.17) is 14.4 Å². The summed E-state index contributed by atoms with van der Waals surface area (Å²) in [5.41, 5.74) is 1.40. The molecule has 3 rings (SSSR count). The monoisotopic (exact) mass is 364 g/mol. The second-order valence-corrected chi connectivity index (χ2v) is 5.85. The summed E-state index contributed by atoms with van der Waals surface area (Å²) in [6.07, 6.45) is -0.0150. The van der Waals surface area contributed by atoms with Crippen molar-refractivity contribution >= 4 is 22.8 Å². The highest BCUT2D eigenvalue weighted by Gasteiger charge is 2.24. The van der Waals surface area contributed by atoms with Crippen LogP contribution in [0.2, 0.25) is 0 Å². The Balaban J connectivity index is 1.81. The molecule has 0 aliphatic rings. The van der Waals surface area contributed by atoms with Gasteiger partial charge in [0.2, 0.25) is 0 Å². The molecule has 136 valence electrons. The summed E-state index contributed by atoms with van der Waals surface area (Å²) in [4.78, 5) is 24.0. The second-order valence-electron chi connectivity index (χ2n) is 5.85. The highest BCUT2D eigenvalue weighted by molar-refractivity contribution is 5.98. The van der Waals surface area contributed by atoms with Crippen molar-refractivity contribution in [2.45, 2.75) is 12.5 Å². The van der Waals surface area contributed by atoms with Crippen molar-refractivity contribution < 1.29 is 23.8 Å². The summed E-state index contributed by atoms with van der Waals surface area (Å²) in [7, 11) is 1.53. The lowest BCUT2D eigenvalue weighted by molar-refractivity contribution is -0.139. The van der Waals surface area contributed by atoms with Crippen LogP contribution in [0.5, 0.6) is 5.75 Å². The Morgan fingerprint density at radius 3 is 2.74 bits per heavy atom. The van der Waals surface area contributed by atoms with E-state index < -0.39 is 17.9 Å². The van der Waals surface area contributed by atoms with Crippen LogP contribution in [0.1, 0.15) is 21.7 Å². The normalized spacial score (nSPS) is 11.6. The molecule has 0 saturated heterocycles. The van der Waals surface area contributed by atoms with Gasteiger partial charge in [-0.2, -0.15) is 5.26 Å². The van der Waals surface area contributed by atoms with Gasteiger partial charge in [-0.05, 0) is 35.9 Å². The van der Waals surface area contributed by atoms with Gasteiger partial charge in [-0.15, -0.1) is 0 Å². The van der Waals surface area contributed by atoms with E-state index in [1.54, 1.807) is 42.5 Å². The van der Waals surface area contributed by atoms with Gasteiger partial charge in [0.1, 0.15) is 17.4 Å². The highest BCUT2D eigenvalue weighted by atomic mass is 16.5. The first kappa shape index (κ1) is 18.0. The third-order valence-electron chi connectivity index (χ3n) is 4.11. The molecule has 3 aromatic rings. The quantitative estimate of drug-likeness (QED) is 0.695. The first-order valence-electron chi connectivity index (χ1n) is 8.11. The fourth-order valence-electron chi connectivity index (χ4n) is 2.72. The number of nitrogens with one attached hydrogen (secondary N) is 1. The van der Waals surface area contributed by atoms with Gasteiger partial charge in [0.05, 0.1) is 18.7 Å². The molecule has 1 atom stereocenters. The molecule has 7 nitrogen and oxygen atoms in total. The molecule has 7 heteroatoms. The van der Waals surface area contributed by atoms with E-state index in [-0.39, 0.29) is 12.2 Å². The number of carbonyl (C=O) groups is 2. The molecule has 0 saturated carbocycles. The molecule has 1 unspecified atom stereocenters. The van der Waals surface area contributed by atoms with Crippen molar-refractivity contribution in [3.05, 3.63) is 65.4 Å². The number of ether oxygens (including phenoxy) is 1. The van der Waals surface area contributed by atoms with E-state index in [2.05, 4.69) is 5.32 Å². The van der Waals surface area contributed by atoms with Crippen LogP contribution in [0.25, 0.3) is 11.0 Å². The number of rotatable bonds is 6. The van der Waals surface area contributed by atoms with Gasteiger partial charge in [-0.25, -0.2) is 4.79 Å². The predicted octanol–water partition coefficient (Wildman–Crippen LogP) is 2.74. The Morgan fingerprint density at radius 1 is 1.26 bits per heavy atom. The number of amides is 1. The fourth-order valence-corrected chi connectivity index (χ4v) is 2.72. The summed E-state index contributed by atoms with van der Waals surface area (Å²) < 4.78 is 10.6. The molecule has 0 fully saturated rings. The lowest BCUT2D eigenvalue weighted by Gasteiger charge is -2.14. The van der Waals surface area contributed by atoms with Gasteiger partial charge in [0.15, 0.2) is 5.76 Å². The Kier molecular flexibility index (Phi) is 5.08. The molecule has 2 N–H and O–H groups in total. The minimum atomic E-state index is -1.20. The Hall–Kier alpha value is -3.79. The van der Waals surface area contributed by atoms with E-state index in [0.717, 1.165) is 0 Å². The highest BCUT2D eigenvalue weighted by Crippen LogP contribution is 2.24. The molecule has 1 heterocycles.